The van der Waals surface area contributed by atoms with Crippen LogP contribution in [0.25, 0.3) is 11.1 Å². The Hall–Kier alpha value is -3.60. The van der Waals surface area contributed by atoms with Crippen LogP contribution in [-0.4, -0.2) is 5.97 Å². The van der Waals surface area contributed by atoms with Crippen LogP contribution in [-0.2, 0) is 12.8 Å². The maximum atomic E-state index is 14.6. The van der Waals surface area contributed by atoms with E-state index in [-0.39, 0.29) is 16.9 Å². The molecular formula is C28H25F3O2. The van der Waals surface area contributed by atoms with Crippen LogP contribution in [0.5, 0.6) is 5.75 Å². The lowest BCUT2D eigenvalue weighted by atomic mass is 10.0. The maximum Gasteiger partial charge on any atom is 0.343 e. The SMILES string of the molecule is C=CCCc1ccc(C(=O)Oc2ccc(-c3ccc(CC/C=C/C)cc3F)cc2F)cc1F. The molecule has 0 bridgehead atoms. The first-order valence-corrected chi connectivity index (χ1v) is 10.7. The van der Waals surface area contributed by atoms with Gasteiger partial charge >= 0.3 is 5.97 Å². The van der Waals surface area contributed by atoms with Crippen LogP contribution in [0.4, 0.5) is 13.2 Å². The number of benzene rings is 3. The predicted octanol–water partition coefficient (Wildman–Crippen LogP) is 7.62. The van der Waals surface area contributed by atoms with Crippen LogP contribution in [0.3, 0.4) is 0 Å². The summed E-state index contributed by atoms with van der Waals surface area (Å²) in [6.07, 6.45) is 8.22. The number of halogens is 3. The third-order valence-electron chi connectivity index (χ3n) is 5.22. The van der Waals surface area contributed by atoms with Crippen molar-refractivity contribution in [1.29, 1.82) is 0 Å². The molecule has 0 amide bonds. The smallest absolute Gasteiger partial charge is 0.343 e. The standard InChI is InChI=1S/C28H25F3O2/c1-3-5-7-8-19-10-14-23(25(30)16-19)21-13-15-27(26(31)17-21)33-28(32)22-12-11-20(9-6-4-2)24(29)18-22/h3-5,10-18H,2,6-9H2,1H3/b5-3+. The maximum absolute atomic E-state index is 14.6. The molecule has 0 spiro atoms. The van der Waals surface area contributed by atoms with Crippen LogP contribution < -0.4 is 4.74 Å². The van der Waals surface area contributed by atoms with Gasteiger partial charge in [0.25, 0.3) is 0 Å². The first-order chi connectivity index (χ1) is 15.9. The Morgan fingerprint density at radius 2 is 1.73 bits per heavy atom. The number of ether oxygens (including phenoxy) is 1. The highest BCUT2D eigenvalue weighted by Gasteiger charge is 2.16. The molecule has 3 rings (SSSR count). The summed E-state index contributed by atoms with van der Waals surface area (Å²) in [6.45, 7) is 5.53. The summed E-state index contributed by atoms with van der Waals surface area (Å²) in [7, 11) is 0. The summed E-state index contributed by atoms with van der Waals surface area (Å²) in [5, 5.41) is 0. The molecule has 0 aliphatic carbocycles. The molecule has 170 valence electrons. The normalized spacial score (nSPS) is 11.0. The molecule has 3 aromatic rings. The fraction of sp³-hybridized carbons (Fsp3) is 0.179. The van der Waals surface area contributed by atoms with Gasteiger partial charge in [-0.1, -0.05) is 42.5 Å². The Morgan fingerprint density at radius 3 is 2.39 bits per heavy atom. The summed E-state index contributed by atoms with van der Waals surface area (Å²) in [5.41, 5.74) is 1.85. The van der Waals surface area contributed by atoms with Crippen molar-refractivity contribution < 1.29 is 22.7 Å². The van der Waals surface area contributed by atoms with E-state index in [1.807, 2.05) is 19.1 Å². The van der Waals surface area contributed by atoms with Crippen molar-refractivity contribution in [2.45, 2.75) is 32.6 Å². The molecule has 0 radical (unpaired) electrons. The third kappa shape index (κ3) is 6.22. The number of carbonyl (C=O) groups excluding carboxylic acids is 1. The highest BCUT2D eigenvalue weighted by Crippen LogP contribution is 2.29. The first-order valence-electron chi connectivity index (χ1n) is 10.7. The largest absolute Gasteiger partial charge is 0.420 e. The minimum Gasteiger partial charge on any atom is -0.420 e. The highest BCUT2D eigenvalue weighted by atomic mass is 19.1. The van der Waals surface area contributed by atoms with E-state index in [0.717, 1.165) is 24.1 Å². The van der Waals surface area contributed by atoms with Gasteiger partial charge in [-0.15, -0.1) is 6.58 Å². The predicted molar refractivity (Wildman–Crippen MR) is 125 cm³/mol. The van der Waals surface area contributed by atoms with Crippen molar-refractivity contribution in [2.24, 2.45) is 0 Å². The van der Waals surface area contributed by atoms with Gasteiger partial charge in [-0.25, -0.2) is 18.0 Å². The van der Waals surface area contributed by atoms with Gasteiger partial charge in [0.15, 0.2) is 11.6 Å². The van der Waals surface area contributed by atoms with Crippen LogP contribution >= 0.6 is 0 Å². The van der Waals surface area contributed by atoms with E-state index in [1.54, 1.807) is 18.2 Å². The Balaban J connectivity index is 1.74. The molecule has 0 atom stereocenters. The molecule has 2 nitrogen and oxygen atoms in total. The Labute approximate surface area is 192 Å². The van der Waals surface area contributed by atoms with Gasteiger partial charge in [-0.3, -0.25) is 0 Å². The van der Waals surface area contributed by atoms with E-state index >= 15 is 0 Å². The molecular weight excluding hydrogens is 425 g/mol. The summed E-state index contributed by atoms with van der Waals surface area (Å²) in [6, 6.07) is 12.7. The molecule has 3 aromatic carbocycles. The molecule has 0 aromatic heterocycles. The van der Waals surface area contributed by atoms with Crippen molar-refractivity contribution in [3.8, 4) is 16.9 Å². The molecule has 0 aliphatic rings. The van der Waals surface area contributed by atoms with E-state index in [4.69, 9.17) is 4.74 Å². The zero-order valence-corrected chi connectivity index (χ0v) is 18.4. The minimum atomic E-state index is -0.882. The zero-order chi connectivity index (χ0) is 23.8. The second kappa shape index (κ2) is 11.3. The number of hydrogen-bond donors (Lipinski definition) is 0. The lowest BCUT2D eigenvalue weighted by Gasteiger charge is -2.10. The number of esters is 1. The zero-order valence-electron chi connectivity index (χ0n) is 18.4. The van der Waals surface area contributed by atoms with Crippen LogP contribution in [0.1, 0.15) is 41.3 Å². The van der Waals surface area contributed by atoms with Crippen molar-refractivity contribution in [2.75, 3.05) is 0 Å². The second-order valence-electron chi connectivity index (χ2n) is 7.59. The van der Waals surface area contributed by atoms with Crippen molar-refractivity contribution in [3.05, 3.63) is 114 Å². The van der Waals surface area contributed by atoms with Gasteiger partial charge in [-0.2, -0.15) is 0 Å². The average molecular weight is 451 g/mol. The molecule has 5 heteroatoms. The fourth-order valence-electron chi connectivity index (χ4n) is 3.41. The first kappa shape index (κ1) is 24.1. The van der Waals surface area contributed by atoms with E-state index in [2.05, 4.69) is 6.58 Å². The minimum absolute atomic E-state index is 0.0297. The van der Waals surface area contributed by atoms with Crippen molar-refractivity contribution in [1.82, 2.24) is 0 Å². The van der Waals surface area contributed by atoms with E-state index < -0.39 is 23.4 Å². The number of allylic oxidation sites excluding steroid dienone is 3. The van der Waals surface area contributed by atoms with Gasteiger partial charge < -0.3 is 4.74 Å². The quantitative estimate of drug-likeness (QED) is 0.190. The summed E-state index contributed by atoms with van der Waals surface area (Å²) in [4.78, 5) is 12.4. The van der Waals surface area contributed by atoms with E-state index in [0.29, 0.717) is 30.4 Å². The van der Waals surface area contributed by atoms with E-state index in [9.17, 15) is 18.0 Å². The van der Waals surface area contributed by atoms with Gasteiger partial charge in [0.1, 0.15) is 11.6 Å². The topological polar surface area (TPSA) is 26.3 Å². The lowest BCUT2D eigenvalue weighted by molar-refractivity contribution is 0.0727. The van der Waals surface area contributed by atoms with Gasteiger partial charge in [-0.05, 0) is 79.6 Å². The summed E-state index contributed by atoms with van der Waals surface area (Å²) >= 11 is 0. The molecule has 0 fully saturated rings. The molecule has 0 aliphatic heterocycles. The number of rotatable bonds is 9. The average Bonchev–Trinajstić information content (AvgIpc) is 2.80. The van der Waals surface area contributed by atoms with Gasteiger partial charge in [0.2, 0.25) is 0 Å². The number of carbonyl (C=O) groups is 1. The fourth-order valence-corrected chi connectivity index (χ4v) is 3.41. The van der Waals surface area contributed by atoms with Crippen molar-refractivity contribution in [3.63, 3.8) is 0 Å². The Kier molecular flexibility index (Phi) is 8.25. The molecule has 0 saturated carbocycles. The van der Waals surface area contributed by atoms with Gasteiger partial charge in [0, 0.05) is 5.56 Å². The number of aryl methyl sites for hydroxylation is 2. The van der Waals surface area contributed by atoms with E-state index in [1.165, 1.54) is 30.3 Å². The van der Waals surface area contributed by atoms with Crippen LogP contribution in [0, 0.1) is 17.5 Å². The Bertz CT molecular complexity index is 1180. The second-order valence-corrected chi connectivity index (χ2v) is 7.59. The van der Waals surface area contributed by atoms with Gasteiger partial charge in [0.05, 0.1) is 5.56 Å². The monoisotopic (exact) mass is 450 g/mol. The third-order valence-corrected chi connectivity index (χ3v) is 5.22. The molecule has 0 saturated heterocycles. The van der Waals surface area contributed by atoms with Crippen molar-refractivity contribution >= 4 is 5.97 Å². The van der Waals surface area contributed by atoms with Crippen LogP contribution in [0.15, 0.2) is 79.4 Å². The molecule has 0 heterocycles. The highest BCUT2D eigenvalue weighted by molar-refractivity contribution is 5.91. The summed E-state index contributed by atoms with van der Waals surface area (Å²) in [5.74, 6) is -3.01. The lowest BCUT2D eigenvalue weighted by Crippen LogP contribution is -2.10. The van der Waals surface area contributed by atoms with Crippen LogP contribution in [0.2, 0.25) is 0 Å². The molecule has 33 heavy (non-hydrogen) atoms. The Morgan fingerprint density at radius 1 is 0.909 bits per heavy atom. The summed E-state index contributed by atoms with van der Waals surface area (Å²) < 4.78 is 48.5. The molecule has 0 unspecified atom stereocenters. The molecule has 0 N–H and O–H groups in total. The number of hydrogen-bond acceptors (Lipinski definition) is 2.